The Bertz CT molecular complexity index is 689. The van der Waals surface area contributed by atoms with Gasteiger partial charge in [0, 0.05) is 19.5 Å². The Hall–Kier alpha value is -2.37. The molecule has 0 fully saturated rings. The number of ether oxygens (including phenoxy) is 1. The third kappa shape index (κ3) is 5.89. The summed E-state index contributed by atoms with van der Waals surface area (Å²) < 4.78 is 5.23. The summed E-state index contributed by atoms with van der Waals surface area (Å²) in [7, 11) is 1.55. The van der Waals surface area contributed by atoms with Gasteiger partial charge in [-0.15, -0.1) is 0 Å². The van der Waals surface area contributed by atoms with Gasteiger partial charge in [-0.05, 0) is 36.6 Å². The van der Waals surface area contributed by atoms with E-state index in [4.69, 9.17) is 4.74 Å². The molecule has 2 atom stereocenters. The van der Waals surface area contributed by atoms with Gasteiger partial charge in [0.1, 0.15) is 5.75 Å². The van der Waals surface area contributed by atoms with Crippen LogP contribution in [0, 0.1) is 0 Å². The predicted molar refractivity (Wildman–Crippen MR) is 99.9 cm³/mol. The number of rotatable bonds is 8. The number of aliphatic hydroxyl groups is 1. The summed E-state index contributed by atoms with van der Waals surface area (Å²) in [4.78, 5) is 11.3. The molecule has 0 aromatic heterocycles. The van der Waals surface area contributed by atoms with E-state index < -0.39 is 6.10 Å². The monoisotopic (exact) mass is 342 g/mol. The Morgan fingerprint density at radius 2 is 1.92 bits per heavy atom. The van der Waals surface area contributed by atoms with Crippen molar-refractivity contribution in [3.63, 3.8) is 0 Å². The zero-order valence-corrected chi connectivity index (χ0v) is 15.0. The Morgan fingerprint density at radius 1 is 1.20 bits per heavy atom. The van der Waals surface area contributed by atoms with Crippen LogP contribution in [0.2, 0.25) is 0 Å². The molecular weight excluding hydrogens is 316 g/mol. The number of hydrogen-bond acceptors (Lipinski definition) is 4. The van der Waals surface area contributed by atoms with Gasteiger partial charge < -0.3 is 20.5 Å². The maximum absolute atomic E-state index is 11.3. The number of aliphatic hydroxyl groups excluding tert-OH is 1. The Balaban J connectivity index is 1.95. The zero-order valence-electron chi connectivity index (χ0n) is 15.0. The normalized spacial score (nSPS) is 13.1. The van der Waals surface area contributed by atoms with Crippen LogP contribution >= 0.6 is 0 Å². The van der Waals surface area contributed by atoms with E-state index in [9.17, 15) is 9.90 Å². The minimum absolute atomic E-state index is 0.181. The molecule has 2 aromatic rings. The molecule has 0 bridgehead atoms. The van der Waals surface area contributed by atoms with Crippen LogP contribution in [0.1, 0.15) is 31.1 Å². The second kappa shape index (κ2) is 9.20. The lowest BCUT2D eigenvalue weighted by molar-refractivity contribution is -0.114. The van der Waals surface area contributed by atoms with Crippen LogP contribution in [-0.2, 0) is 11.2 Å². The van der Waals surface area contributed by atoms with Crippen molar-refractivity contribution in [1.82, 2.24) is 5.32 Å². The maximum atomic E-state index is 11.3. The molecule has 2 aromatic carbocycles. The number of amides is 1. The molecule has 0 aliphatic carbocycles. The third-order valence-electron chi connectivity index (χ3n) is 3.96. The molecule has 0 radical (unpaired) electrons. The Kier molecular flexibility index (Phi) is 6.98. The molecule has 3 N–H and O–H groups in total. The van der Waals surface area contributed by atoms with E-state index in [0.717, 1.165) is 12.0 Å². The van der Waals surface area contributed by atoms with Crippen molar-refractivity contribution >= 4 is 11.6 Å². The van der Waals surface area contributed by atoms with Gasteiger partial charge in [-0.3, -0.25) is 4.79 Å². The maximum Gasteiger partial charge on any atom is 0.221 e. The third-order valence-corrected chi connectivity index (χ3v) is 3.96. The van der Waals surface area contributed by atoms with E-state index in [1.54, 1.807) is 25.3 Å². The first-order valence-corrected chi connectivity index (χ1v) is 8.40. The number of benzene rings is 2. The van der Waals surface area contributed by atoms with Crippen molar-refractivity contribution in [3.8, 4) is 5.75 Å². The molecule has 0 saturated carbocycles. The standard InChI is InChI=1S/C20H26N2O3/c1-14(11-16-7-5-4-6-8-16)21-13-19(24)17-9-10-20(25-3)18(12-17)22-15(2)23/h4-10,12,14,19,21,24H,11,13H2,1-3H3,(H,22,23)/t14-,19+/m1/s1. The lowest BCUT2D eigenvalue weighted by atomic mass is 10.1. The summed E-state index contributed by atoms with van der Waals surface area (Å²) in [6.45, 7) is 3.96. The van der Waals surface area contributed by atoms with Gasteiger partial charge in [-0.1, -0.05) is 36.4 Å². The van der Waals surface area contributed by atoms with Crippen LogP contribution in [0.15, 0.2) is 48.5 Å². The number of methoxy groups -OCH3 is 1. The van der Waals surface area contributed by atoms with Crippen molar-refractivity contribution in [1.29, 1.82) is 0 Å². The summed E-state index contributed by atoms with van der Waals surface area (Å²) >= 11 is 0. The minimum atomic E-state index is -0.670. The van der Waals surface area contributed by atoms with Crippen molar-refractivity contribution in [2.75, 3.05) is 19.0 Å². The minimum Gasteiger partial charge on any atom is -0.495 e. The number of carbonyl (C=O) groups excluding carboxylic acids is 1. The fraction of sp³-hybridized carbons (Fsp3) is 0.350. The SMILES string of the molecule is COc1ccc([C@@H](O)CN[C@H](C)Cc2ccccc2)cc1NC(C)=O. The van der Waals surface area contributed by atoms with Crippen LogP contribution in [0.3, 0.4) is 0 Å². The van der Waals surface area contributed by atoms with Gasteiger partial charge >= 0.3 is 0 Å². The molecule has 5 nitrogen and oxygen atoms in total. The van der Waals surface area contributed by atoms with E-state index in [-0.39, 0.29) is 11.9 Å². The van der Waals surface area contributed by atoms with E-state index in [2.05, 4.69) is 29.7 Å². The van der Waals surface area contributed by atoms with E-state index >= 15 is 0 Å². The van der Waals surface area contributed by atoms with Crippen LogP contribution < -0.4 is 15.4 Å². The average molecular weight is 342 g/mol. The first-order chi connectivity index (χ1) is 12.0. The van der Waals surface area contributed by atoms with E-state index in [1.807, 2.05) is 18.2 Å². The van der Waals surface area contributed by atoms with Crippen LogP contribution in [-0.4, -0.2) is 30.7 Å². The van der Waals surface area contributed by atoms with Crippen molar-refractivity contribution < 1.29 is 14.6 Å². The van der Waals surface area contributed by atoms with Crippen LogP contribution in [0.25, 0.3) is 0 Å². The highest BCUT2D eigenvalue weighted by Gasteiger charge is 2.13. The molecule has 0 aliphatic heterocycles. The lowest BCUT2D eigenvalue weighted by Crippen LogP contribution is -2.32. The van der Waals surface area contributed by atoms with Gasteiger partial charge in [0.05, 0.1) is 18.9 Å². The van der Waals surface area contributed by atoms with Gasteiger partial charge in [-0.25, -0.2) is 0 Å². The summed E-state index contributed by atoms with van der Waals surface area (Å²) in [5, 5.41) is 16.5. The fourth-order valence-corrected chi connectivity index (χ4v) is 2.69. The molecule has 134 valence electrons. The molecule has 25 heavy (non-hydrogen) atoms. The summed E-state index contributed by atoms with van der Waals surface area (Å²) in [5.74, 6) is 0.385. The first kappa shape index (κ1) is 19.0. The average Bonchev–Trinajstić information content (AvgIpc) is 2.60. The lowest BCUT2D eigenvalue weighted by Gasteiger charge is -2.19. The van der Waals surface area contributed by atoms with Gasteiger partial charge in [0.15, 0.2) is 0 Å². The molecular formula is C20H26N2O3. The molecule has 0 spiro atoms. The molecule has 5 heteroatoms. The highest BCUT2D eigenvalue weighted by Crippen LogP contribution is 2.28. The highest BCUT2D eigenvalue weighted by atomic mass is 16.5. The second-order valence-electron chi connectivity index (χ2n) is 6.16. The largest absolute Gasteiger partial charge is 0.495 e. The number of hydrogen-bond donors (Lipinski definition) is 3. The van der Waals surface area contributed by atoms with Crippen molar-refractivity contribution in [3.05, 3.63) is 59.7 Å². The fourth-order valence-electron chi connectivity index (χ4n) is 2.69. The zero-order chi connectivity index (χ0) is 18.2. The summed E-state index contributed by atoms with van der Waals surface area (Å²) in [5.41, 5.74) is 2.54. The molecule has 0 heterocycles. The summed E-state index contributed by atoms with van der Waals surface area (Å²) in [6.07, 6.45) is 0.226. The smallest absolute Gasteiger partial charge is 0.221 e. The molecule has 0 saturated heterocycles. The number of nitrogens with one attached hydrogen (secondary N) is 2. The van der Waals surface area contributed by atoms with Gasteiger partial charge in [0.2, 0.25) is 5.91 Å². The van der Waals surface area contributed by atoms with Gasteiger partial charge in [0.25, 0.3) is 0 Å². The van der Waals surface area contributed by atoms with Crippen molar-refractivity contribution in [2.45, 2.75) is 32.4 Å². The predicted octanol–water partition coefficient (Wildman–Crippen LogP) is 2.91. The molecule has 2 rings (SSSR count). The Morgan fingerprint density at radius 3 is 2.56 bits per heavy atom. The van der Waals surface area contributed by atoms with Crippen molar-refractivity contribution in [2.24, 2.45) is 0 Å². The topological polar surface area (TPSA) is 70.6 Å². The van der Waals surface area contributed by atoms with E-state index in [0.29, 0.717) is 18.0 Å². The first-order valence-electron chi connectivity index (χ1n) is 8.40. The number of anilines is 1. The van der Waals surface area contributed by atoms with E-state index in [1.165, 1.54) is 12.5 Å². The molecule has 0 unspecified atom stereocenters. The molecule has 0 aliphatic rings. The van der Waals surface area contributed by atoms with Gasteiger partial charge in [-0.2, -0.15) is 0 Å². The highest BCUT2D eigenvalue weighted by molar-refractivity contribution is 5.90. The second-order valence-corrected chi connectivity index (χ2v) is 6.16. The summed E-state index contributed by atoms with van der Waals surface area (Å²) in [6, 6.07) is 15.8. The Labute approximate surface area is 149 Å². The molecule has 1 amide bonds. The quantitative estimate of drug-likeness (QED) is 0.690. The van der Waals surface area contributed by atoms with Crippen LogP contribution in [0.5, 0.6) is 5.75 Å². The number of carbonyl (C=O) groups is 1. The van der Waals surface area contributed by atoms with Crippen LogP contribution in [0.4, 0.5) is 5.69 Å².